The van der Waals surface area contributed by atoms with Crippen LogP contribution in [-0.2, 0) is 12.6 Å². The van der Waals surface area contributed by atoms with Gasteiger partial charge in [0, 0.05) is 17.5 Å². The third kappa shape index (κ3) is 4.94. The number of hydrogen-bond donors (Lipinski definition) is 1. The van der Waals surface area contributed by atoms with Gasteiger partial charge >= 0.3 is 12.1 Å². The van der Waals surface area contributed by atoms with Crippen molar-refractivity contribution in [2.24, 2.45) is 5.10 Å². The first-order chi connectivity index (χ1) is 15.6. The van der Waals surface area contributed by atoms with Gasteiger partial charge in [-0.25, -0.2) is 4.79 Å². The predicted octanol–water partition coefficient (Wildman–Crippen LogP) is 6.60. The molecule has 0 fully saturated rings. The molecule has 1 heterocycles. The molecular weight excluding hydrogens is 433 g/mol. The van der Waals surface area contributed by atoms with Crippen LogP contribution in [0.15, 0.2) is 52.0 Å². The van der Waals surface area contributed by atoms with Gasteiger partial charge < -0.3 is 9.15 Å². The summed E-state index contributed by atoms with van der Waals surface area (Å²) in [6.07, 6.45) is -2.45. The topological polar surface area (TPSA) is 63.8 Å². The van der Waals surface area contributed by atoms with Crippen LogP contribution in [0.3, 0.4) is 0 Å². The normalized spacial score (nSPS) is 14.8. The van der Waals surface area contributed by atoms with Crippen LogP contribution < -0.4 is 10.2 Å². The molecule has 0 bridgehead atoms. The average Bonchev–Trinajstić information content (AvgIpc) is 3.08. The summed E-state index contributed by atoms with van der Waals surface area (Å²) in [7, 11) is 0. The maximum atomic E-state index is 13.0. The minimum absolute atomic E-state index is 0.104. The van der Waals surface area contributed by atoms with Crippen molar-refractivity contribution in [3.05, 3.63) is 81.8 Å². The van der Waals surface area contributed by atoms with E-state index in [-0.39, 0.29) is 11.4 Å². The lowest BCUT2D eigenvalue weighted by Crippen LogP contribution is -2.14. The summed E-state index contributed by atoms with van der Waals surface area (Å²) in [5.41, 5.74) is 6.06. The van der Waals surface area contributed by atoms with Crippen molar-refractivity contribution in [3.8, 4) is 5.75 Å². The van der Waals surface area contributed by atoms with Crippen LogP contribution in [0.25, 0.3) is 0 Å². The first-order valence-electron chi connectivity index (χ1n) is 10.5. The second kappa shape index (κ2) is 8.77. The first kappa shape index (κ1) is 22.6. The number of anilines is 1. The number of hydrogen-bond acceptors (Lipinski definition) is 5. The number of halogens is 3. The van der Waals surface area contributed by atoms with Gasteiger partial charge in [-0.2, -0.15) is 18.3 Å². The van der Waals surface area contributed by atoms with E-state index in [1.807, 2.05) is 19.9 Å². The van der Waals surface area contributed by atoms with E-state index < -0.39 is 17.7 Å². The van der Waals surface area contributed by atoms with Crippen LogP contribution in [0, 0.1) is 20.8 Å². The fourth-order valence-corrected chi connectivity index (χ4v) is 4.02. The Morgan fingerprint density at radius 2 is 1.79 bits per heavy atom. The van der Waals surface area contributed by atoms with Crippen LogP contribution in [0.4, 0.5) is 18.9 Å². The number of nitrogens with zero attached hydrogens (tertiary/aromatic N) is 1. The number of carbonyl (C=O) groups excluding carboxylic acids is 1. The Morgan fingerprint density at radius 3 is 2.48 bits per heavy atom. The third-order valence-electron chi connectivity index (χ3n) is 5.43. The Kier molecular flexibility index (Phi) is 6.01. The number of benzene rings is 2. The summed E-state index contributed by atoms with van der Waals surface area (Å²) < 4.78 is 50.3. The quantitative estimate of drug-likeness (QED) is 0.273. The average molecular weight is 456 g/mol. The molecule has 1 aliphatic rings. The molecule has 0 unspecified atom stereocenters. The standard InChI is InChI=1S/C25H23F3N2O3/c1-14-10-15(2)12-19(11-14)32-24(31)23-16(3)22-20(8-5-9-21(22)33-23)30-29-18-7-4-6-17(13-18)25(26,27)28/h4,6-7,10-13,29H,5,8-9H2,1-3H3/b30-20+. The Hall–Kier alpha value is -3.55. The highest BCUT2D eigenvalue weighted by Gasteiger charge is 2.31. The van der Waals surface area contributed by atoms with Gasteiger partial charge in [0.15, 0.2) is 0 Å². The molecule has 8 heteroatoms. The fourth-order valence-electron chi connectivity index (χ4n) is 4.02. The molecule has 0 spiro atoms. The lowest BCUT2D eigenvalue weighted by molar-refractivity contribution is -0.137. The number of hydrazone groups is 1. The Bertz CT molecular complexity index is 1220. The second-order valence-corrected chi connectivity index (χ2v) is 8.17. The van der Waals surface area contributed by atoms with E-state index in [9.17, 15) is 18.0 Å². The lowest BCUT2D eigenvalue weighted by Gasteiger charge is -2.14. The molecule has 0 radical (unpaired) electrons. The molecule has 172 valence electrons. The van der Waals surface area contributed by atoms with Gasteiger partial charge in [0.25, 0.3) is 0 Å². The molecule has 2 aromatic carbocycles. The number of nitrogens with one attached hydrogen (secondary N) is 1. The number of furan rings is 1. The predicted molar refractivity (Wildman–Crippen MR) is 119 cm³/mol. The highest BCUT2D eigenvalue weighted by atomic mass is 19.4. The van der Waals surface area contributed by atoms with E-state index >= 15 is 0 Å². The molecule has 0 atom stereocenters. The lowest BCUT2D eigenvalue weighted by atomic mass is 9.93. The van der Waals surface area contributed by atoms with Crippen molar-refractivity contribution < 1.29 is 27.1 Å². The fraction of sp³-hybridized carbons (Fsp3) is 0.280. The van der Waals surface area contributed by atoms with Gasteiger partial charge in [0.1, 0.15) is 11.5 Å². The SMILES string of the molecule is Cc1cc(C)cc(OC(=O)c2oc3c(c2C)/C(=N/Nc2cccc(C(F)(F)F)c2)CCC3)c1. The summed E-state index contributed by atoms with van der Waals surface area (Å²) in [6.45, 7) is 5.59. The highest BCUT2D eigenvalue weighted by Crippen LogP contribution is 2.32. The van der Waals surface area contributed by atoms with Crippen molar-refractivity contribution in [2.45, 2.75) is 46.2 Å². The van der Waals surface area contributed by atoms with Crippen molar-refractivity contribution in [1.29, 1.82) is 0 Å². The van der Waals surface area contributed by atoms with Crippen LogP contribution in [0.5, 0.6) is 5.75 Å². The molecule has 0 aliphatic heterocycles. The second-order valence-electron chi connectivity index (χ2n) is 8.17. The van der Waals surface area contributed by atoms with Crippen molar-refractivity contribution >= 4 is 17.4 Å². The summed E-state index contributed by atoms with van der Waals surface area (Å²) in [5, 5.41) is 4.35. The minimum atomic E-state index is -4.44. The molecule has 4 rings (SSSR count). The van der Waals surface area contributed by atoms with E-state index in [2.05, 4.69) is 10.5 Å². The Morgan fingerprint density at radius 1 is 1.06 bits per heavy atom. The maximum absolute atomic E-state index is 13.0. The summed E-state index contributed by atoms with van der Waals surface area (Å²) >= 11 is 0. The zero-order valence-electron chi connectivity index (χ0n) is 18.5. The van der Waals surface area contributed by atoms with E-state index in [0.717, 1.165) is 29.7 Å². The number of aryl methyl sites for hydroxylation is 3. The van der Waals surface area contributed by atoms with Crippen LogP contribution in [-0.4, -0.2) is 11.7 Å². The van der Waals surface area contributed by atoms with Crippen LogP contribution in [0.2, 0.25) is 0 Å². The minimum Gasteiger partial charge on any atom is -0.453 e. The van der Waals surface area contributed by atoms with Gasteiger partial charge in [0.05, 0.1) is 17.0 Å². The molecule has 0 amide bonds. The smallest absolute Gasteiger partial charge is 0.416 e. The summed E-state index contributed by atoms with van der Waals surface area (Å²) in [6, 6.07) is 10.4. The van der Waals surface area contributed by atoms with Gasteiger partial charge in [-0.3, -0.25) is 5.43 Å². The number of esters is 1. The van der Waals surface area contributed by atoms with Gasteiger partial charge in [0.2, 0.25) is 5.76 Å². The van der Waals surface area contributed by atoms with E-state index in [4.69, 9.17) is 9.15 Å². The van der Waals surface area contributed by atoms with E-state index in [0.29, 0.717) is 41.2 Å². The Labute approximate surface area is 189 Å². The van der Waals surface area contributed by atoms with E-state index in [1.165, 1.54) is 12.1 Å². The number of carbonyl (C=O) groups is 1. The van der Waals surface area contributed by atoms with Crippen LogP contribution in [0.1, 0.15) is 57.0 Å². The highest BCUT2D eigenvalue weighted by molar-refractivity contribution is 6.06. The van der Waals surface area contributed by atoms with Gasteiger partial charge in [-0.05, 0) is 75.1 Å². The molecule has 1 aliphatic carbocycles. The first-order valence-corrected chi connectivity index (χ1v) is 10.5. The molecule has 5 nitrogen and oxygen atoms in total. The maximum Gasteiger partial charge on any atom is 0.416 e. The number of alkyl halides is 3. The summed E-state index contributed by atoms with van der Waals surface area (Å²) in [4.78, 5) is 12.8. The summed E-state index contributed by atoms with van der Waals surface area (Å²) in [5.74, 6) is 0.562. The number of rotatable bonds is 4. The number of ether oxygens (including phenoxy) is 1. The third-order valence-corrected chi connectivity index (χ3v) is 5.43. The van der Waals surface area contributed by atoms with Crippen LogP contribution >= 0.6 is 0 Å². The van der Waals surface area contributed by atoms with Gasteiger partial charge in [-0.1, -0.05) is 12.1 Å². The monoisotopic (exact) mass is 456 g/mol. The van der Waals surface area contributed by atoms with Gasteiger partial charge in [-0.15, -0.1) is 0 Å². The Balaban J connectivity index is 1.59. The van der Waals surface area contributed by atoms with Crippen molar-refractivity contribution in [3.63, 3.8) is 0 Å². The molecule has 3 aromatic rings. The van der Waals surface area contributed by atoms with E-state index in [1.54, 1.807) is 19.1 Å². The molecule has 1 N–H and O–H groups in total. The molecule has 0 saturated carbocycles. The molecular formula is C25H23F3N2O3. The zero-order valence-corrected chi connectivity index (χ0v) is 18.5. The molecule has 33 heavy (non-hydrogen) atoms. The zero-order chi connectivity index (χ0) is 23.8. The molecule has 0 saturated heterocycles. The van der Waals surface area contributed by atoms with Crippen molar-refractivity contribution in [2.75, 3.05) is 5.43 Å². The molecule has 1 aromatic heterocycles. The van der Waals surface area contributed by atoms with Crippen molar-refractivity contribution in [1.82, 2.24) is 0 Å². The number of fused-ring (bicyclic) bond motifs is 1. The largest absolute Gasteiger partial charge is 0.453 e.